The zero-order valence-electron chi connectivity index (χ0n) is 19.8. The molecule has 0 bridgehead atoms. The van der Waals surface area contributed by atoms with Gasteiger partial charge in [0.25, 0.3) is 5.91 Å². The van der Waals surface area contributed by atoms with Crippen LogP contribution in [-0.2, 0) is 19.5 Å². The van der Waals surface area contributed by atoms with Crippen LogP contribution in [0.4, 0.5) is 0 Å². The fourth-order valence-electron chi connectivity index (χ4n) is 4.01. The van der Waals surface area contributed by atoms with E-state index in [0.29, 0.717) is 25.5 Å². The average Bonchev–Trinajstić information content (AvgIpc) is 3.50. The zero-order chi connectivity index (χ0) is 23.9. The SMILES string of the molecule is CCNC(=O)c1coc(CN(CCc2c[nH]c3ccccc23)Cc2cc(OC)ccc2OC)n1. The maximum atomic E-state index is 12.1. The highest BCUT2D eigenvalue weighted by molar-refractivity contribution is 5.91. The van der Waals surface area contributed by atoms with Crippen LogP contribution in [0.15, 0.2) is 59.3 Å². The van der Waals surface area contributed by atoms with Crippen molar-refractivity contribution in [2.24, 2.45) is 0 Å². The van der Waals surface area contributed by atoms with Gasteiger partial charge in [-0.15, -0.1) is 0 Å². The van der Waals surface area contributed by atoms with Crippen LogP contribution in [0.25, 0.3) is 10.9 Å². The Bertz CT molecular complexity index is 1250. The van der Waals surface area contributed by atoms with Gasteiger partial charge in [0, 0.05) is 42.3 Å². The number of carbonyl (C=O) groups excluding carboxylic acids is 1. The van der Waals surface area contributed by atoms with Gasteiger partial charge in [0.1, 0.15) is 17.8 Å². The minimum absolute atomic E-state index is 0.239. The van der Waals surface area contributed by atoms with Crippen LogP contribution >= 0.6 is 0 Å². The van der Waals surface area contributed by atoms with Gasteiger partial charge in [-0.05, 0) is 43.2 Å². The average molecular weight is 463 g/mol. The van der Waals surface area contributed by atoms with E-state index in [1.807, 2.05) is 37.3 Å². The molecule has 2 N–H and O–H groups in total. The molecule has 4 aromatic rings. The normalized spacial score (nSPS) is 11.2. The van der Waals surface area contributed by atoms with Crippen molar-refractivity contribution in [3.05, 3.63) is 77.6 Å². The summed E-state index contributed by atoms with van der Waals surface area (Å²) in [6.45, 7) is 4.20. The zero-order valence-corrected chi connectivity index (χ0v) is 19.8. The van der Waals surface area contributed by atoms with E-state index in [0.717, 1.165) is 35.5 Å². The number of hydrogen-bond donors (Lipinski definition) is 2. The van der Waals surface area contributed by atoms with Crippen LogP contribution in [0.3, 0.4) is 0 Å². The van der Waals surface area contributed by atoms with E-state index in [1.165, 1.54) is 17.2 Å². The van der Waals surface area contributed by atoms with E-state index >= 15 is 0 Å². The van der Waals surface area contributed by atoms with Gasteiger partial charge in [-0.2, -0.15) is 0 Å². The molecule has 0 atom stereocenters. The van der Waals surface area contributed by atoms with E-state index in [4.69, 9.17) is 13.9 Å². The molecule has 178 valence electrons. The summed E-state index contributed by atoms with van der Waals surface area (Å²) < 4.78 is 16.6. The molecule has 0 radical (unpaired) electrons. The van der Waals surface area contributed by atoms with Crippen molar-refractivity contribution in [2.45, 2.75) is 26.4 Å². The fourth-order valence-corrected chi connectivity index (χ4v) is 4.01. The van der Waals surface area contributed by atoms with E-state index in [1.54, 1.807) is 14.2 Å². The predicted octanol–water partition coefficient (Wildman–Crippen LogP) is 4.17. The number of carbonyl (C=O) groups is 1. The van der Waals surface area contributed by atoms with E-state index in [-0.39, 0.29) is 11.6 Å². The Hall–Kier alpha value is -3.78. The number of para-hydroxylation sites is 1. The number of H-pyrrole nitrogens is 1. The Morgan fingerprint density at radius 2 is 1.97 bits per heavy atom. The highest BCUT2D eigenvalue weighted by Gasteiger charge is 2.17. The molecule has 0 fully saturated rings. The number of hydrogen-bond acceptors (Lipinski definition) is 6. The number of aromatic nitrogens is 2. The van der Waals surface area contributed by atoms with Crippen molar-refractivity contribution in [3.63, 3.8) is 0 Å². The first-order chi connectivity index (χ1) is 16.6. The lowest BCUT2D eigenvalue weighted by atomic mass is 10.1. The van der Waals surface area contributed by atoms with Crippen molar-refractivity contribution >= 4 is 16.8 Å². The second-order valence-corrected chi connectivity index (χ2v) is 7.98. The Balaban J connectivity index is 1.56. The van der Waals surface area contributed by atoms with Crippen LogP contribution in [0.2, 0.25) is 0 Å². The van der Waals surface area contributed by atoms with Crippen LogP contribution in [0, 0.1) is 0 Å². The van der Waals surface area contributed by atoms with Gasteiger partial charge in [-0.25, -0.2) is 4.98 Å². The summed E-state index contributed by atoms with van der Waals surface area (Å²) in [6, 6.07) is 14.0. The molecule has 2 aromatic carbocycles. The van der Waals surface area contributed by atoms with Gasteiger partial charge in [-0.3, -0.25) is 9.69 Å². The minimum Gasteiger partial charge on any atom is -0.497 e. The molecule has 8 heteroatoms. The van der Waals surface area contributed by atoms with E-state index in [9.17, 15) is 4.79 Å². The molecule has 0 saturated carbocycles. The van der Waals surface area contributed by atoms with Crippen molar-refractivity contribution < 1.29 is 18.7 Å². The van der Waals surface area contributed by atoms with E-state index < -0.39 is 0 Å². The van der Waals surface area contributed by atoms with Crippen LogP contribution < -0.4 is 14.8 Å². The topological polar surface area (TPSA) is 92.6 Å². The summed E-state index contributed by atoms with van der Waals surface area (Å²) in [4.78, 5) is 22.1. The molecule has 0 saturated heterocycles. The molecule has 0 spiro atoms. The van der Waals surface area contributed by atoms with Gasteiger partial charge in [0.15, 0.2) is 5.69 Å². The maximum Gasteiger partial charge on any atom is 0.273 e. The molecule has 4 rings (SSSR count). The van der Waals surface area contributed by atoms with Crippen molar-refractivity contribution in [3.8, 4) is 11.5 Å². The lowest BCUT2D eigenvalue weighted by molar-refractivity contribution is 0.0950. The lowest BCUT2D eigenvalue weighted by Crippen LogP contribution is -2.26. The number of oxazole rings is 1. The first kappa shape index (κ1) is 23.4. The molecule has 0 aliphatic heterocycles. The second kappa shape index (κ2) is 10.9. The molecule has 2 aromatic heterocycles. The van der Waals surface area contributed by atoms with Gasteiger partial charge >= 0.3 is 0 Å². The summed E-state index contributed by atoms with van der Waals surface area (Å²) in [5, 5.41) is 3.97. The number of aromatic amines is 1. The van der Waals surface area contributed by atoms with Gasteiger partial charge in [0.05, 0.1) is 20.8 Å². The lowest BCUT2D eigenvalue weighted by Gasteiger charge is -2.22. The van der Waals surface area contributed by atoms with Gasteiger partial charge in [-0.1, -0.05) is 18.2 Å². The number of nitrogens with zero attached hydrogens (tertiary/aromatic N) is 2. The van der Waals surface area contributed by atoms with E-state index in [2.05, 4.69) is 38.5 Å². The smallest absolute Gasteiger partial charge is 0.273 e. The van der Waals surface area contributed by atoms with Crippen molar-refractivity contribution in [1.82, 2.24) is 20.2 Å². The Labute approximate surface area is 198 Å². The number of fused-ring (bicyclic) bond motifs is 1. The first-order valence-corrected chi connectivity index (χ1v) is 11.3. The third kappa shape index (κ3) is 5.40. The number of amides is 1. The Morgan fingerprint density at radius 1 is 1.12 bits per heavy atom. The standard InChI is InChI=1S/C26H30N4O4/c1-4-27-26(31)23-17-34-25(29-23)16-30(15-19-13-20(32-2)9-10-24(19)33-3)12-11-18-14-28-22-8-6-5-7-21(18)22/h5-10,13-14,17,28H,4,11-12,15-16H2,1-3H3,(H,27,31). The third-order valence-electron chi connectivity index (χ3n) is 5.73. The summed E-state index contributed by atoms with van der Waals surface area (Å²) in [5.74, 6) is 1.80. The molecule has 0 aliphatic rings. The second-order valence-electron chi connectivity index (χ2n) is 7.98. The minimum atomic E-state index is -0.239. The first-order valence-electron chi connectivity index (χ1n) is 11.3. The summed E-state index contributed by atoms with van der Waals surface area (Å²) in [6.07, 6.45) is 4.30. The largest absolute Gasteiger partial charge is 0.497 e. The molecule has 0 aliphatic carbocycles. The van der Waals surface area contributed by atoms with Crippen molar-refractivity contribution in [1.29, 1.82) is 0 Å². The maximum absolute atomic E-state index is 12.1. The Morgan fingerprint density at radius 3 is 2.76 bits per heavy atom. The predicted molar refractivity (Wildman–Crippen MR) is 130 cm³/mol. The quantitative estimate of drug-likeness (QED) is 0.348. The highest BCUT2D eigenvalue weighted by atomic mass is 16.5. The summed E-state index contributed by atoms with van der Waals surface area (Å²) >= 11 is 0. The number of methoxy groups -OCH3 is 2. The van der Waals surface area contributed by atoms with Crippen LogP contribution in [0.1, 0.15) is 34.4 Å². The molecule has 2 heterocycles. The van der Waals surface area contributed by atoms with Crippen molar-refractivity contribution in [2.75, 3.05) is 27.3 Å². The van der Waals surface area contributed by atoms with Crippen LogP contribution in [0.5, 0.6) is 11.5 Å². The van der Waals surface area contributed by atoms with Gasteiger partial charge in [0.2, 0.25) is 5.89 Å². The molecule has 0 unspecified atom stereocenters. The number of ether oxygens (including phenoxy) is 2. The fraction of sp³-hybridized carbons (Fsp3) is 0.308. The third-order valence-corrected chi connectivity index (χ3v) is 5.73. The molecular formula is C26H30N4O4. The molecule has 34 heavy (non-hydrogen) atoms. The summed E-state index contributed by atoms with van der Waals surface area (Å²) in [7, 11) is 3.31. The van der Waals surface area contributed by atoms with Crippen LogP contribution in [-0.4, -0.2) is 48.1 Å². The van der Waals surface area contributed by atoms with Gasteiger partial charge < -0.3 is 24.2 Å². The molecular weight excluding hydrogens is 432 g/mol. The molecule has 8 nitrogen and oxygen atoms in total. The Kier molecular flexibility index (Phi) is 7.49. The highest BCUT2D eigenvalue weighted by Crippen LogP contribution is 2.26. The molecule has 1 amide bonds. The number of benzene rings is 2. The number of rotatable bonds is 11. The summed E-state index contributed by atoms with van der Waals surface area (Å²) in [5.41, 5.74) is 3.65. The number of nitrogens with one attached hydrogen (secondary N) is 2. The monoisotopic (exact) mass is 462 g/mol.